The number of benzene rings is 1. The Bertz CT molecular complexity index is 1020. The summed E-state index contributed by atoms with van der Waals surface area (Å²) in [5.74, 6) is 0.769. The van der Waals surface area contributed by atoms with Crippen molar-refractivity contribution >= 4 is 21.6 Å². The second-order valence-corrected chi connectivity index (χ2v) is 9.33. The van der Waals surface area contributed by atoms with E-state index in [2.05, 4.69) is 11.6 Å². The van der Waals surface area contributed by atoms with E-state index in [9.17, 15) is 13.2 Å². The molecule has 7 nitrogen and oxygen atoms in total. The lowest BCUT2D eigenvalue weighted by atomic mass is 9.98. The lowest BCUT2D eigenvalue weighted by Crippen LogP contribution is -2.38. The number of nitrogens with one attached hydrogen (secondary N) is 1. The van der Waals surface area contributed by atoms with Crippen LogP contribution < -0.4 is 9.46 Å². The van der Waals surface area contributed by atoms with Gasteiger partial charge in [-0.1, -0.05) is 19.1 Å². The number of carbonyl (C=O) groups excluding carboxylic acids is 1. The number of rotatable bonds is 5. The quantitative estimate of drug-likeness (QED) is 0.806. The molecule has 1 saturated heterocycles. The second kappa shape index (κ2) is 8.10. The summed E-state index contributed by atoms with van der Waals surface area (Å²) in [6.45, 7) is 6.97. The van der Waals surface area contributed by atoms with Crippen molar-refractivity contribution < 1.29 is 17.9 Å². The fraction of sp³-hybridized carbons (Fsp3) is 0.476. The van der Waals surface area contributed by atoms with E-state index in [4.69, 9.17) is 4.74 Å². The fourth-order valence-electron chi connectivity index (χ4n) is 3.79. The molecule has 1 aromatic carbocycles. The van der Waals surface area contributed by atoms with E-state index >= 15 is 0 Å². The molecular weight excluding hydrogens is 390 g/mol. The minimum absolute atomic E-state index is 0.0343. The highest BCUT2D eigenvalue weighted by molar-refractivity contribution is 7.92. The summed E-state index contributed by atoms with van der Waals surface area (Å²) in [6.07, 6.45) is 1.86. The number of piperidine rings is 1. The molecule has 2 heterocycles. The summed E-state index contributed by atoms with van der Waals surface area (Å²) >= 11 is 0. The van der Waals surface area contributed by atoms with E-state index in [0.29, 0.717) is 41.8 Å². The summed E-state index contributed by atoms with van der Waals surface area (Å²) in [4.78, 5) is 15.1. The van der Waals surface area contributed by atoms with Crippen molar-refractivity contribution in [2.24, 2.45) is 13.0 Å². The molecule has 0 saturated carbocycles. The molecule has 1 N–H and O–H groups in total. The molecule has 0 bridgehead atoms. The van der Waals surface area contributed by atoms with Crippen LogP contribution in [0, 0.1) is 19.8 Å². The Morgan fingerprint density at radius 3 is 2.38 bits per heavy atom. The van der Waals surface area contributed by atoms with Gasteiger partial charge in [-0.2, -0.15) is 0 Å². The molecule has 29 heavy (non-hydrogen) atoms. The zero-order valence-electron chi connectivity index (χ0n) is 17.7. The number of methoxy groups -OCH3 is 1. The predicted octanol–water partition coefficient (Wildman–Crippen LogP) is 3.32. The normalized spacial score (nSPS) is 15.4. The van der Waals surface area contributed by atoms with Crippen LogP contribution in [0.1, 0.15) is 41.5 Å². The third-order valence-corrected chi connectivity index (χ3v) is 7.35. The minimum atomic E-state index is -4.00. The number of amides is 1. The smallest absolute Gasteiger partial charge is 0.264 e. The van der Waals surface area contributed by atoms with E-state index in [-0.39, 0.29) is 16.4 Å². The average molecular weight is 420 g/mol. The number of nitrogens with zero attached hydrogens (tertiary/aromatic N) is 2. The van der Waals surface area contributed by atoms with Crippen LogP contribution in [-0.2, 0) is 17.1 Å². The lowest BCUT2D eigenvalue weighted by Gasteiger charge is -2.30. The van der Waals surface area contributed by atoms with Gasteiger partial charge in [0.15, 0.2) is 0 Å². The van der Waals surface area contributed by atoms with Gasteiger partial charge in [0.1, 0.15) is 10.6 Å². The Morgan fingerprint density at radius 1 is 1.14 bits per heavy atom. The molecule has 0 unspecified atom stereocenters. The zero-order chi connectivity index (χ0) is 21.3. The van der Waals surface area contributed by atoms with Gasteiger partial charge in [-0.25, -0.2) is 8.42 Å². The molecule has 1 aromatic heterocycles. The maximum atomic E-state index is 13.4. The Balaban J connectivity index is 2.05. The predicted molar refractivity (Wildman–Crippen MR) is 113 cm³/mol. The number of carbonyl (C=O) groups is 1. The molecule has 0 aliphatic carbocycles. The van der Waals surface area contributed by atoms with Crippen molar-refractivity contribution in [3.63, 3.8) is 0 Å². The van der Waals surface area contributed by atoms with Gasteiger partial charge in [0.2, 0.25) is 0 Å². The molecular formula is C21H29N3O4S. The Hall–Kier alpha value is -2.48. The maximum absolute atomic E-state index is 13.4. The van der Waals surface area contributed by atoms with Crippen LogP contribution in [0.25, 0.3) is 0 Å². The number of likely N-dealkylation sites (tertiary alicyclic amines) is 1. The van der Waals surface area contributed by atoms with Gasteiger partial charge in [0.05, 0.1) is 18.4 Å². The van der Waals surface area contributed by atoms with Crippen LogP contribution in [0.5, 0.6) is 5.75 Å². The first-order valence-corrected chi connectivity index (χ1v) is 11.3. The van der Waals surface area contributed by atoms with Crippen LogP contribution in [0.3, 0.4) is 0 Å². The van der Waals surface area contributed by atoms with Gasteiger partial charge in [-0.3, -0.25) is 9.52 Å². The fourth-order valence-corrected chi connectivity index (χ4v) is 5.38. The van der Waals surface area contributed by atoms with E-state index in [1.165, 1.54) is 7.11 Å². The van der Waals surface area contributed by atoms with E-state index in [0.717, 1.165) is 12.8 Å². The zero-order valence-corrected chi connectivity index (χ0v) is 18.5. The molecule has 1 aliphatic heterocycles. The molecule has 0 atom stereocenters. The summed E-state index contributed by atoms with van der Waals surface area (Å²) < 4.78 is 36.4. The SMILES string of the molecule is COc1ccccc1NS(=O)(=O)c1c(C(=O)N2CCC(C)CC2)c(C)n(C)c1C. The van der Waals surface area contributed by atoms with E-state index in [1.54, 1.807) is 54.6 Å². The number of sulfonamides is 1. The second-order valence-electron chi connectivity index (χ2n) is 7.71. The highest BCUT2D eigenvalue weighted by Gasteiger charge is 2.34. The summed E-state index contributed by atoms with van der Waals surface area (Å²) in [5.41, 5.74) is 1.76. The number of anilines is 1. The molecule has 1 amide bonds. The monoisotopic (exact) mass is 419 g/mol. The third-order valence-electron chi connectivity index (χ3n) is 5.83. The Morgan fingerprint density at radius 2 is 1.76 bits per heavy atom. The molecule has 1 fully saturated rings. The number of ether oxygens (including phenoxy) is 1. The first kappa shape index (κ1) is 21.2. The van der Waals surface area contributed by atoms with E-state index < -0.39 is 10.0 Å². The van der Waals surface area contributed by atoms with Gasteiger partial charge in [-0.05, 0) is 44.7 Å². The molecule has 2 aromatic rings. The number of hydrogen-bond donors (Lipinski definition) is 1. The van der Waals surface area contributed by atoms with Crippen LogP contribution in [0.2, 0.25) is 0 Å². The molecule has 1 aliphatic rings. The Labute approximate surface area is 172 Å². The van der Waals surface area contributed by atoms with Crippen molar-refractivity contribution in [3.05, 3.63) is 41.2 Å². The summed E-state index contributed by atoms with van der Waals surface area (Å²) in [7, 11) is -0.739. The minimum Gasteiger partial charge on any atom is -0.495 e. The van der Waals surface area contributed by atoms with Gasteiger partial charge < -0.3 is 14.2 Å². The molecule has 158 valence electrons. The number of para-hydroxylation sites is 2. The van der Waals surface area contributed by atoms with Gasteiger partial charge in [-0.15, -0.1) is 0 Å². The highest BCUT2D eigenvalue weighted by atomic mass is 32.2. The number of hydrogen-bond acceptors (Lipinski definition) is 4. The van der Waals surface area contributed by atoms with Crippen molar-refractivity contribution in [1.29, 1.82) is 0 Å². The van der Waals surface area contributed by atoms with Crippen LogP contribution >= 0.6 is 0 Å². The Kier molecular flexibility index (Phi) is 5.93. The highest BCUT2D eigenvalue weighted by Crippen LogP contribution is 2.32. The number of aromatic nitrogens is 1. The third kappa shape index (κ3) is 3.99. The first-order chi connectivity index (χ1) is 13.7. The van der Waals surface area contributed by atoms with Crippen molar-refractivity contribution in [2.45, 2.75) is 38.5 Å². The van der Waals surface area contributed by atoms with Crippen molar-refractivity contribution in [2.75, 3.05) is 24.9 Å². The molecule has 0 spiro atoms. The van der Waals surface area contributed by atoms with Crippen LogP contribution in [0.15, 0.2) is 29.2 Å². The van der Waals surface area contributed by atoms with Crippen LogP contribution in [0.4, 0.5) is 5.69 Å². The van der Waals surface area contributed by atoms with E-state index in [1.807, 2.05) is 0 Å². The summed E-state index contributed by atoms with van der Waals surface area (Å²) in [5, 5.41) is 0. The first-order valence-electron chi connectivity index (χ1n) is 9.78. The topological polar surface area (TPSA) is 80.6 Å². The molecule has 8 heteroatoms. The van der Waals surface area contributed by atoms with Gasteiger partial charge in [0.25, 0.3) is 15.9 Å². The largest absolute Gasteiger partial charge is 0.495 e. The standard InChI is InChI=1S/C21H29N3O4S/c1-14-10-12-24(13-11-14)21(25)19-15(2)23(4)16(3)20(19)29(26,27)22-17-8-6-7-9-18(17)28-5/h6-9,14,22H,10-13H2,1-5H3. The van der Waals surface area contributed by atoms with Crippen molar-refractivity contribution in [1.82, 2.24) is 9.47 Å². The lowest BCUT2D eigenvalue weighted by molar-refractivity contribution is 0.0692. The average Bonchev–Trinajstić information content (AvgIpc) is 2.93. The molecule has 0 radical (unpaired) electrons. The van der Waals surface area contributed by atoms with Crippen LogP contribution in [-0.4, -0.2) is 44.0 Å². The summed E-state index contributed by atoms with van der Waals surface area (Å²) in [6, 6.07) is 6.81. The van der Waals surface area contributed by atoms with Gasteiger partial charge >= 0.3 is 0 Å². The molecule has 3 rings (SSSR count). The van der Waals surface area contributed by atoms with Crippen molar-refractivity contribution in [3.8, 4) is 5.75 Å². The van der Waals surface area contributed by atoms with Gasteiger partial charge in [0, 0.05) is 31.5 Å². The maximum Gasteiger partial charge on any atom is 0.264 e.